The molecule has 4 aliphatic rings. The summed E-state index contributed by atoms with van der Waals surface area (Å²) < 4.78 is 0. The summed E-state index contributed by atoms with van der Waals surface area (Å²) in [5.41, 5.74) is -0.785. The van der Waals surface area contributed by atoms with E-state index in [0.717, 1.165) is 0 Å². The van der Waals surface area contributed by atoms with E-state index in [0.29, 0.717) is 12.8 Å². The lowest BCUT2D eigenvalue weighted by Crippen LogP contribution is -2.58. The Balaban J connectivity index is 1.69. The minimum Gasteiger partial charge on any atom is -0.481 e. The van der Waals surface area contributed by atoms with Crippen LogP contribution in [0.4, 0.5) is 0 Å². The molecule has 0 saturated heterocycles. The van der Waals surface area contributed by atoms with Gasteiger partial charge in [0.05, 0.1) is 17.9 Å². The molecule has 8 heteroatoms. The minimum absolute atomic E-state index is 0.0470. The van der Waals surface area contributed by atoms with Crippen molar-refractivity contribution < 1.29 is 39.3 Å². The molecule has 0 spiro atoms. The molecule has 9 atom stereocenters. The number of aliphatic hydroxyl groups is 2. The first kappa shape index (κ1) is 26.9. The van der Waals surface area contributed by atoms with Gasteiger partial charge in [0.15, 0.2) is 11.6 Å². The SMILES string of the molecule is CC(CC(=O)CC(C)C1CC(=O)C2C3=C(C(=O)C(O)C21)C1(C)CCC(O)C(C)(C)C1CC3=O)C(=O)O. The van der Waals surface area contributed by atoms with E-state index >= 15 is 0 Å². The van der Waals surface area contributed by atoms with Gasteiger partial charge in [-0.15, -0.1) is 0 Å². The summed E-state index contributed by atoms with van der Waals surface area (Å²) in [5.74, 6) is -5.78. The van der Waals surface area contributed by atoms with Gasteiger partial charge in [0.1, 0.15) is 17.7 Å². The summed E-state index contributed by atoms with van der Waals surface area (Å²) in [7, 11) is 0. The summed E-state index contributed by atoms with van der Waals surface area (Å²) in [5, 5.41) is 31.0. The molecule has 4 aliphatic carbocycles. The number of hydrogen-bond donors (Lipinski definition) is 3. The Hall–Kier alpha value is -2.19. The van der Waals surface area contributed by atoms with Gasteiger partial charge in [-0.1, -0.05) is 34.6 Å². The first-order chi connectivity index (χ1) is 16.6. The molecule has 0 radical (unpaired) electrons. The number of carboxylic acid groups (broad SMARTS) is 1. The zero-order valence-electron chi connectivity index (χ0n) is 21.7. The van der Waals surface area contributed by atoms with E-state index < -0.39 is 58.5 Å². The molecular weight excluding hydrogens is 464 g/mol. The van der Waals surface area contributed by atoms with Crippen LogP contribution in [-0.2, 0) is 24.0 Å². The lowest BCUT2D eigenvalue weighted by atomic mass is 9.46. The van der Waals surface area contributed by atoms with Crippen LogP contribution in [0.15, 0.2) is 11.1 Å². The summed E-state index contributed by atoms with van der Waals surface area (Å²) >= 11 is 0. The summed E-state index contributed by atoms with van der Waals surface area (Å²) in [4.78, 5) is 64.3. The van der Waals surface area contributed by atoms with Crippen LogP contribution < -0.4 is 0 Å². The molecule has 4 rings (SSSR count). The van der Waals surface area contributed by atoms with Gasteiger partial charge in [0.2, 0.25) is 0 Å². The minimum atomic E-state index is -1.45. The van der Waals surface area contributed by atoms with Crippen LogP contribution in [0.3, 0.4) is 0 Å². The van der Waals surface area contributed by atoms with Crippen molar-refractivity contribution in [3.63, 3.8) is 0 Å². The van der Waals surface area contributed by atoms with Crippen LogP contribution in [0.2, 0.25) is 0 Å². The van der Waals surface area contributed by atoms with E-state index in [1.807, 2.05) is 20.8 Å². The van der Waals surface area contributed by atoms with Crippen molar-refractivity contribution >= 4 is 29.1 Å². The van der Waals surface area contributed by atoms with E-state index in [9.17, 15) is 34.2 Å². The topological polar surface area (TPSA) is 146 Å². The second-order valence-electron chi connectivity index (χ2n) is 12.6. The van der Waals surface area contributed by atoms with Crippen LogP contribution in [-0.4, -0.2) is 56.6 Å². The standard InChI is InChI=1S/C28H38O8/c1-12(8-14(29)9-13(2)26(35)36)15-10-16(30)21-20(15)24(33)25(34)23-22(21)17(31)11-18-27(3,4)19(32)6-7-28(18,23)5/h12-13,15,18-21,24,32-33H,6-11H2,1-5H3,(H,35,36). The molecule has 0 heterocycles. The number of aliphatic carboxylic acids is 1. The quantitative estimate of drug-likeness (QED) is 0.502. The number of rotatable bonds is 6. The maximum Gasteiger partial charge on any atom is 0.306 e. The highest BCUT2D eigenvalue weighted by molar-refractivity contribution is 6.15. The largest absolute Gasteiger partial charge is 0.481 e. The monoisotopic (exact) mass is 502 g/mol. The Kier molecular flexibility index (Phi) is 6.70. The van der Waals surface area contributed by atoms with E-state index in [1.165, 1.54) is 6.92 Å². The summed E-state index contributed by atoms with van der Waals surface area (Å²) in [6.07, 6.45) is -0.958. The molecular formula is C28H38O8. The van der Waals surface area contributed by atoms with E-state index in [1.54, 1.807) is 6.92 Å². The maximum absolute atomic E-state index is 13.8. The molecule has 0 aliphatic heterocycles. The zero-order valence-corrected chi connectivity index (χ0v) is 21.7. The fraction of sp³-hybridized carbons (Fsp3) is 0.750. The van der Waals surface area contributed by atoms with Gasteiger partial charge in [-0.2, -0.15) is 0 Å². The summed E-state index contributed by atoms with van der Waals surface area (Å²) in [6.45, 7) is 9.00. The predicted molar refractivity (Wildman–Crippen MR) is 129 cm³/mol. The number of fused-ring (bicyclic) bond motifs is 4. The summed E-state index contributed by atoms with van der Waals surface area (Å²) in [6, 6.07) is 0. The molecule has 2 saturated carbocycles. The van der Waals surface area contributed by atoms with Crippen LogP contribution in [0.5, 0.6) is 0 Å². The van der Waals surface area contributed by atoms with Crippen molar-refractivity contribution in [2.45, 2.75) is 85.4 Å². The average Bonchev–Trinajstić information content (AvgIpc) is 3.13. The van der Waals surface area contributed by atoms with E-state index in [-0.39, 0.29) is 66.0 Å². The van der Waals surface area contributed by atoms with Gasteiger partial charge in [-0.05, 0) is 36.0 Å². The third-order valence-electron chi connectivity index (χ3n) is 10.1. The fourth-order valence-corrected chi connectivity index (χ4v) is 7.96. The maximum atomic E-state index is 13.8. The second kappa shape index (κ2) is 8.98. The number of aliphatic hydroxyl groups excluding tert-OH is 2. The number of Topliss-reactive ketones (excluding diaryl/α,β-unsaturated/α-hetero) is 4. The highest BCUT2D eigenvalue weighted by Gasteiger charge is 2.64. The molecule has 0 aromatic rings. The van der Waals surface area contributed by atoms with Crippen molar-refractivity contribution in [3.05, 3.63) is 11.1 Å². The number of carbonyl (C=O) groups is 5. The third kappa shape index (κ3) is 3.92. The van der Waals surface area contributed by atoms with Crippen molar-refractivity contribution in [1.29, 1.82) is 0 Å². The van der Waals surface area contributed by atoms with Crippen molar-refractivity contribution in [2.75, 3.05) is 0 Å². The number of hydrogen-bond acceptors (Lipinski definition) is 7. The van der Waals surface area contributed by atoms with Crippen LogP contribution >= 0.6 is 0 Å². The van der Waals surface area contributed by atoms with Crippen molar-refractivity contribution in [3.8, 4) is 0 Å². The number of carbonyl (C=O) groups excluding carboxylic acids is 4. The second-order valence-corrected chi connectivity index (χ2v) is 12.6. The molecule has 8 nitrogen and oxygen atoms in total. The van der Waals surface area contributed by atoms with E-state index in [4.69, 9.17) is 5.11 Å². The highest BCUT2D eigenvalue weighted by atomic mass is 16.4. The van der Waals surface area contributed by atoms with Gasteiger partial charge in [-0.3, -0.25) is 24.0 Å². The Morgan fingerprint density at radius 1 is 1.03 bits per heavy atom. The van der Waals surface area contributed by atoms with Gasteiger partial charge >= 0.3 is 5.97 Å². The normalized spacial score (nSPS) is 39.2. The average molecular weight is 503 g/mol. The number of ketones is 4. The number of carboxylic acids is 1. The van der Waals surface area contributed by atoms with Crippen LogP contribution in [0, 0.1) is 46.3 Å². The number of allylic oxidation sites excluding steroid dienone is 1. The van der Waals surface area contributed by atoms with Crippen molar-refractivity contribution in [1.82, 2.24) is 0 Å². The predicted octanol–water partition coefficient (Wildman–Crippen LogP) is 2.53. The lowest BCUT2D eigenvalue weighted by molar-refractivity contribution is -0.145. The molecule has 9 unspecified atom stereocenters. The first-order valence-corrected chi connectivity index (χ1v) is 13.1. The van der Waals surface area contributed by atoms with Gasteiger partial charge < -0.3 is 15.3 Å². The molecule has 36 heavy (non-hydrogen) atoms. The lowest BCUT2D eigenvalue weighted by Gasteiger charge is -2.57. The Bertz CT molecular complexity index is 1050. The van der Waals surface area contributed by atoms with Gasteiger partial charge in [-0.25, -0.2) is 0 Å². The highest BCUT2D eigenvalue weighted by Crippen LogP contribution is 2.63. The van der Waals surface area contributed by atoms with Crippen LogP contribution in [0.1, 0.15) is 73.1 Å². The van der Waals surface area contributed by atoms with Crippen LogP contribution in [0.25, 0.3) is 0 Å². The molecule has 0 bridgehead atoms. The molecule has 2 fully saturated rings. The van der Waals surface area contributed by atoms with Gasteiger partial charge in [0.25, 0.3) is 0 Å². The molecule has 3 N–H and O–H groups in total. The molecule has 0 aromatic carbocycles. The molecule has 198 valence electrons. The third-order valence-corrected chi connectivity index (χ3v) is 10.1. The Morgan fingerprint density at radius 3 is 2.28 bits per heavy atom. The molecule has 0 amide bonds. The molecule has 0 aromatic heterocycles. The fourth-order valence-electron chi connectivity index (χ4n) is 7.96. The Morgan fingerprint density at radius 2 is 1.67 bits per heavy atom. The first-order valence-electron chi connectivity index (χ1n) is 13.1. The zero-order chi connectivity index (χ0) is 26.9. The van der Waals surface area contributed by atoms with E-state index in [2.05, 4.69) is 0 Å². The van der Waals surface area contributed by atoms with Gasteiger partial charge in [0, 0.05) is 48.2 Å². The smallest absolute Gasteiger partial charge is 0.306 e. The Labute approximate surface area is 211 Å². The van der Waals surface area contributed by atoms with Crippen molar-refractivity contribution in [2.24, 2.45) is 46.3 Å².